The highest BCUT2D eigenvalue weighted by Crippen LogP contribution is 2.27. The Balaban J connectivity index is 1.47. The highest BCUT2D eigenvalue weighted by molar-refractivity contribution is 7.99. The van der Waals surface area contributed by atoms with Gasteiger partial charge in [0.15, 0.2) is 5.58 Å². The number of oxazole rings is 1. The maximum Gasteiger partial charge on any atom is 0.261 e. The second-order valence-corrected chi connectivity index (χ2v) is 9.38. The minimum atomic E-state index is -3.84. The zero-order valence-electron chi connectivity index (χ0n) is 16.5. The number of methoxy groups -OCH3 is 1. The second-order valence-electron chi connectivity index (χ2n) is 6.77. The lowest BCUT2D eigenvalue weighted by Crippen LogP contribution is -2.33. The molecule has 0 unspecified atom stereocenters. The van der Waals surface area contributed by atoms with Crippen LogP contribution in [0.2, 0.25) is 0 Å². The van der Waals surface area contributed by atoms with Crippen molar-refractivity contribution in [1.29, 1.82) is 0 Å². The van der Waals surface area contributed by atoms with Gasteiger partial charge >= 0.3 is 0 Å². The van der Waals surface area contributed by atoms with Gasteiger partial charge in [-0.1, -0.05) is 11.8 Å². The predicted molar refractivity (Wildman–Crippen MR) is 114 cm³/mol. The largest absolute Gasteiger partial charge is 0.497 e. The van der Waals surface area contributed by atoms with Crippen LogP contribution in [0.15, 0.2) is 57.0 Å². The highest BCUT2D eigenvalue weighted by Gasteiger charge is 2.26. The number of sulfonamides is 1. The van der Waals surface area contributed by atoms with E-state index in [1.165, 1.54) is 30.2 Å². The van der Waals surface area contributed by atoms with E-state index in [2.05, 4.69) is 9.71 Å². The Labute approximate surface area is 182 Å². The molecule has 1 aromatic heterocycles. The van der Waals surface area contributed by atoms with Crippen LogP contribution < -0.4 is 9.46 Å². The number of aromatic nitrogens is 1. The second kappa shape index (κ2) is 8.60. The molecule has 0 atom stereocenters. The van der Waals surface area contributed by atoms with Gasteiger partial charge in [0.05, 0.1) is 17.8 Å². The van der Waals surface area contributed by atoms with Crippen molar-refractivity contribution in [3.63, 3.8) is 0 Å². The van der Waals surface area contributed by atoms with Gasteiger partial charge in [-0.05, 0) is 48.9 Å². The normalized spacial score (nSPS) is 14.2. The quantitative estimate of drug-likeness (QED) is 0.534. The van der Waals surface area contributed by atoms with Crippen molar-refractivity contribution in [2.75, 3.05) is 24.1 Å². The van der Waals surface area contributed by atoms with Gasteiger partial charge in [-0.2, -0.15) is 0 Å². The lowest BCUT2D eigenvalue weighted by Gasteiger charge is -2.11. The summed E-state index contributed by atoms with van der Waals surface area (Å²) < 4.78 is 38.6. The van der Waals surface area contributed by atoms with Crippen LogP contribution in [-0.2, 0) is 19.6 Å². The molecule has 9 nitrogen and oxygen atoms in total. The number of nitrogens with zero attached hydrogens (tertiary/aromatic N) is 2. The molecule has 0 aliphatic carbocycles. The fraction of sp³-hybridized carbons (Fsp3) is 0.250. The van der Waals surface area contributed by atoms with E-state index in [1.54, 1.807) is 24.3 Å². The fourth-order valence-corrected chi connectivity index (χ4v) is 4.89. The van der Waals surface area contributed by atoms with E-state index < -0.39 is 10.0 Å². The number of amides is 2. The molecule has 1 aliphatic heterocycles. The SMILES string of the molecule is COc1ccc(NS(=O)(=O)c2ccc3oc(SCC(=O)N4CCCC4=O)nc3c2)cc1. The van der Waals surface area contributed by atoms with Crippen molar-refractivity contribution in [1.82, 2.24) is 9.88 Å². The van der Waals surface area contributed by atoms with Gasteiger partial charge in [0.1, 0.15) is 11.3 Å². The molecular weight excluding hydrogens is 442 g/mol. The van der Waals surface area contributed by atoms with Crippen LogP contribution in [0.1, 0.15) is 12.8 Å². The molecule has 2 aromatic carbocycles. The molecule has 1 fully saturated rings. The summed E-state index contributed by atoms with van der Waals surface area (Å²) >= 11 is 1.06. The number of likely N-dealkylation sites (tertiary alicyclic amines) is 1. The van der Waals surface area contributed by atoms with E-state index in [9.17, 15) is 18.0 Å². The van der Waals surface area contributed by atoms with Gasteiger partial charge in [-0.25, -0.2) is 13.4 Å². The average Bonchev–Trinajstić information content (AvgIpc) is 3.37. The predicted octanol–water partition coefficient (Wildman–Crippen LogP) is 2.88. The van der Waals surface area contributed by atoms with Crippen LogP contribution in [0.25, 0.3) is 11.1 Å². The molecule has 4 rings (SSSR count). The van der Waals surface area contributed by atoms with Crippen LogP contribution in [0.5, 0.6) is 5.75 Å². The molecule has 162 valence electrons. The number of carbonyl (C=O) groups is 2. The number of anilines is 1. The number of benzene rings is 2. The molecule has 3 aromatic rings. The van der Waals surface area contributed by atoms with Crippen molar-refractivity contribution < 1.29 is 27.2 Å². The molecule has 0 radical (unpaired) electrons. The first-order valence-corrected chi connectivity index (χ1v) is 11.9. The Hall–Kier alpha value is -3.05. The van der Waals surface area contributed by atoms with E-state index in [-0.39, 0.29) is 27.7 Å². The van der Waals surface area contributed by atoms with Crippen molar-refractivity contribution in [2.45, 2.75) is 23.0 Å². The van der Waals surface area contributed by atoms with E-state index in [0.29, 0.717) is 41.9 Å². The van der Waals surface area contributed by atoms with Crippen molar-refractivity contribution >= 4 is 50.4 Å². The lowest BCUT2D eigenvalue weighted by molar-refractivity contribution is -0.140. The molecule has 0 spiro atoms. The van der Waals surface area contributed by atoms with Crippen molar-refractivity contribution in [2.24, 2.45) is 0 Å². The molecule has 31 heavy (non-hydrogen) atoms. The minimum absolute atomic E-state index is 0.0166. The molecule has 2 heterocycles. The molecule has 1 aliphatic rings. The molecule has 11 heteroatoms. The monoisotopic (exact) mass is 461 g/mol. The van der Waals surface area contributed by atoms with Gasteiger partial charge in [0.2, 0.25) is 11.8 Å². The highest BCUT2D eigenvalue weighted by atomic mass is 32.2. The number of hydrogen-bond donors (Lipinski definition) is 1. The molecule has 1 saturated heterocycles. The number of ether oxygens (including phenoxy) is 1. The molecule has 1 N–H and O–H groups in total. The van der Waals surface area contributed by atoms with Gasteiger partial charge in [0.25, 0.3) is 15.2 Å². The van der Waals surface area contributed by atoms with E-state index in [4.69, 9.17) is 9.15 Å². The van der Waals surface area contributed by atoms with Gasteiger partial charge in [0, 0.05) is 18.7 Å². The Morgan fingerprint density at radius 3 is 2.71 bits per heavy atom. The smallest absolute Gasteiger partial charge is 0.261 e. The molecule has 0 bridgehead atoms. The first-order chi connectivity index (χ1) is 14.9. The lowest BCUT2D eigenvalue weighted by atomic mass is 10.3. The summed E-state index contributed by atoms with van der Waals surface area (Å²) in [5, 5.41) is 0.229. The topological polar surface area (TPSA) is 119 Å². The maximum absolute atomic E-state index is 12.7. The Morgan fingerprint density at radius 1 is 1.26 bits per heavy atom. The fourth-order valence-electron chi connectivity index (χ4n) is 3.10. The molecule has 0 saturated carbocycles. The molecular formula is C20H19N3O6S2. The minimum Gasteiger partial charge on any atom is -0.497 e. The van der Waals surface area contributed by atoms with Crippen LogP contribution in [0.4, 0.5) is 5.69 Å². The Bertz CT molecular complexity index is 1240. The standard InChI is InChI=1S/C20H19N3O6S2/c1-28-14-6-4-13(5-7-14)22-31(26,27)15-8-9-17-16(11-15)21-20(29-17)30-12-19(25)23-10-2-3-18(23)24/h4-9,11,22H,2-3,10,12H2,1H3. The number of fused-ring (bicyclic) bond motifs is 1. The number of carbonyl (C=O) groups excluding carboxylic acids is 2. The van der Waals surface area contributed by atoms with Crippen LogP contribution in [0.3, 0.4) is 0 Å². The number of imide groups is 1. The van der Waals surface area contributed by atoms with Gasteiger partial charge in [-0.3, -0.25) is 19.2 Å². The maximum atomic E-state index is 12.7. The summed E-state index contributed by atoms with van der Waals surface area (Å²) in [5.74, 6) is 0.177. The van der Waals surface area contributed by atoms with Crippen molar-refractivity contribution in [3.8, 4) is 5.75 Å². The number of thioether (sulfide) groups is 1. The third-order valence-electron chi connectivity index (χ3n) is 4.69. The third kappa shape index (κ3) is 4.67. The van der Waals surface area contributed by atoms with Crippen molar-refractivity contribution in [3.05, 3.63) is 42.5 Å². The average molecular weight is 462 g/mol. The Kier molecular flexibility index (Phi) is 5.88. The first-order valence-electron chi connectivity index (χ1n) is 9.39. The number of rotatable bonds is 7. The van der Waals surface area contributed by atoms with Crippen LogP contribution in [-0.4, -0.2) is 49.5 Å². The first kappa shape index (κ1) is 21.2. The third-order valence-corrected chi connectivity index (χ3v) is 6.88. The zero-order valence-corrected chi connectivity index (χ0v) is 18.2. The number of hydrogen-bond acceptors (Lipinski definition) is 8. The zero-order chi connectivity index (χ0) is 22.0. The summed E-state index contributed by atoms with van der Waals surface area (Å²) in [7, 11) is -2.31. The van der Waals surface area contributed by atoms with E-state index in [0.717, 1.165) is 11.8 Å². The van der Waals surface area contributed by atoms with Crippen LogP contribution in [0, 0.1) is 0 Å². The summed E-state index contributed by atoms with van der Waals surface area (Å²) in [5.41, 5.74) is 1.15. The van der Waals surface area contributed by atoms with Gasteiger partial charge in [-0.15, -0.1) is 0 Å². The summed E-state index contributed by atoms with van der Waals surface area (Å²) in [6.07, 6.45) is 1.07. The summed E-state index contributed by atoms with van der Waals surface area (Å²) in [4.78, 5) is 29.3. The van der Waals surface area contributed by atoms with Gasteiger partial charge < -0.3 is 9.15 Å². The van der Waals surface area contributed by atoms with E-state index >= 15 is 0 Å². The number of nitrogens with one attached hydrogen (secondary N) is 1. The Morgan fingerprint density at radius 2 is 2.03 bits per heavy atom. The summed E-state index contributed by atoms with van der Waals surface area (Å²) in [6, 6.07) is 10.8. The van der Waals surface area contributed by atoms with E-state index in [1.807, 2.05) is 0 Å². The van der Waals surface area contributed by atoms with Crippen LogP contribution >= 0.6 is 11.8 Å². The summed E-state index contributed by atoms with van der Waals surface area (Å²) in [6.45, 7) is 0.439. The molecule has 2 amide bonds.